The molecule has 6 heteroatoms. The first kappa shape index (κ1) is 13.8. The van der Waals surface area contributed by atoms with Crippen molar-refractivity contribution in [2.45, 2.75) is 19.4 Å². The number of ether oxygens (including phenoxy) is 1. The van der Waals surface area contributed by atoms with Crippen LogP contribution >= 0.6 is 0 Å². The van der Waals surface area contributed by atoms with Gasteiger partial charge in [-0.2, -0.15) is 0 Å². The molecule has 1 atom stereocenters. The smallest absolute Gasteiger partial charge is 0.326 e. The van der Waals surface area contributed by atoms with Gasteiger partial charge >= 0.3 is 5.97 Å². The molecule has 0 bridgehead atoms. The van der Waals surface area contributed by atoms with Gasteiger partial charge < -0.3 is 20.3 Å². The number of benzene rings is 1. The maximum Gasteiger partial charge on any atom is 0.326 e. The van der Waals surface area contributed by atoms with E-state index in [9.17, 15) is 14.7 Å². The highest BCUT2D eigenvalue weighted by atomic mass is 16.5. The minimum atomic E-state index is -1.11. The van der Waals surface area contributed by atoms with Crippen molar-refractivity contribution in [2.24, 2.45) is 0 Å². The number of nitrogens with one attached hydrogen (secondary N) is 1. The number of methoxy groups -OCH3 is 1. The van der Waals surface area contributed by atoms with Crippen LogP contribution in [0.4, 0.5) is 0 Å². The van der Waals surface area contributed by atoms with Crippen molar-refractivity contribution in [2.75, 3.05) is 7.11 Å². The molecule has 0 radical (unpaired) electrons. The largest absolute Gasteiger partial charge is 0.507 e. The molecular weight excluding hydrogens is 238 g/mol. The van der Waals surface area contributed by atoms with Gasteiger partial charge in [0.1, 0.15) is 17.5 Å². The molecule has 0 aliphatic rings. The van der Waals surface area contributed by atoms with E-state index in [1.807, 2.05) is 0 Å². The first-order chi connectivity index (χ1) is 8.49. The van der Waals surface area contributed by atoms with Gasteiger partial charge in [-0.15, -0.1) is 0 Å². The third-order valence-electron chi connectivity index (χ3n) is 2.46. The first-order valence-corrected chi connectivity index (χ1v) is 5.40. The Hall–Kier alpha value is -2.24. The van der Waals surface area contributed by atoms with Gasteiger partial charge in [0.25, 0.3) is 5.91 Å². The molecule has 18 heavy (non-hydrogen) atoms. The van der Waals surface area contributed by atoms with Gasteiger partial charge in [0.15, 0.2) is 0 Å². The summed E-state index contributed by atoms with van der Waals surface area (Å²) in [6.45, 7) is 1.65. The van der Waals surface area contributed by atoms with Gasteiger partial charge in [-0.3, -0.25) is 4.79 Å². The molecular formula is C12H15NO5. The zero-order chi connectivity index (χ0) is 13.7. The highest BCUT2D eigenvalue weighted by molar-refractivity contribution is 5.98. The first-order valence-electron chi connectivity index (χ1n) is 5.40. The topological polar surface area (TPSA) is 95.9 Å². The monoisotopic (exact) mass is 253 g/mol. The lowest BCUT2D eigenvalue weighted by Crippen LogP contribution is -2.40. The zero-order valence-electron chi connectivity index (χ0n) is 10.1. The van der Waals surface area contributed by atoms with Crippen LogP contribution in [-0.4, -0.2) is 35.2 Å². The van der Waals surface area contributed by atoms with Crippen LogP contribution in [0.2, 0.25) is 0 Å². The normalized spacial score (nSPS) is 11.7. The van der Waals surface area contributed by atoms with E-state index < -0.39 is 17.9 Å². The summed E-state index contributed by atoms with van der Waals surface area (Å²) in [6, 6.07) is 3.20. The molecule has 1 aromatic carbocycles. The molecule has 0 spiro atoms. The van der Waals surface area contributed by atoms with Gasteiger partial charge in [-0.1, -0.05) is 6.92 Å². The van der Waals surface area contributed by atoms with E-state index >= 15 is 0 Å². The molecule has 0 aromatic heterocycles. The molecule has 0 saturated carbocycles. The minimum absolute atomic E-state index is 0.00972. The van der Waals surface area contributed by atoms with E-state index in [2.05, 4.69) is 5.32 Å². The average Bonchev–Trinajstić information content (AvgIpc) is 2.34. The Morgan fingerprint density at radius 2 is 2.11 bits per heavy atom. The summed E-state index contributed by atoms with van der Waals surface area (Å²) in [4.78, 5) is 22.5. The Kier molecular flexibility index (Phi) is 4.53. The van der Waals surface area contributed by atoms with Crippen molar-refractivity contribution in [1.82, 2.24) is 5.32 Å². The van der Waals surface area contributed by atoms with Crippen molar-refractivity contribution >= 4 is 11.9 Å². The summed E-state index contributed by atoms with van der Waals surface area (Å²) in [6.07, 6.45) is 0.262. The number of aromatic hydroxyl groups is 1. The molecule has 0 heterocycles. The van der Waals surface area contributed by atoms with Crippen LogP contribution in [-0.2, 0) is 4.79 Å². The summed E-state index contributed by atoms with van der Waals surface area (Å²) in [5.74, 6) is -1.59. The van der Waals surface area contributed by atoms with Crippen molar-refractivity contribution in [3.8, 4) is 11.5 Å². The second-order valence-corrected chi connectivity index (χ2v) is 3.66. The summed E-state index contributed by atoms with van der Waals surface area (Å²) in [5, 5.41) is 20.8. The standard InChI is InChI=1S/C12H15NO5/c1-3-9(12(16)17)13-11(15)8-5-4-7(18-2)6-10(8)14/h4-6,9,14H,3H2,1-2H3,(H,13,15)(H,16,17)/t9-/m1/s1. The Labute approximate surface area is 104 Å². The highest BCUT2D eigenvalue weighted by Crippen LogP contribution is 2.23. The molecule has 0 unspecified atom stereocenters. The Morgan fingerprint density at radius 1 is 1.44 bits per heavy atom. The van der Waals surface area contributed by atoms with Crippen molar-refractivity contribution < 1.29 is 24.5 Å². The highest BCUT2D eigenvalue weighted by Gasteiger charge is 2.20. The fraction of sp³-hybridized carbons (Fsp3) is 0.333. The number of hydrogen-bond donors (Lipinski definition) is 3. The van der Waals surface area contributed by atoms with Crippen LogP contribution in [0.15, 0.2) is 18.2 Å². The summed E-state index contributed by atoms with van der Waals surface area (Å²) in [5.41, 5.74) is 0.00972. The summed E-state index contributed by atoms with van der Waals surface area (Å²) < 4.78 is 4.88. The Morgan fingerprint density at radius 3 is 2.56 bits per heavy atom. The molecule has 0 fully saturated rings. The number of carbonyl (C=O) groups is 2. The lowest BCUT2D eigenvalue weighted by molar-refractivity contribution is -0.139. The van der Waals surface area contributed by atoms with Gasteiger partial charge in [0.05, 0.1) is 12.7 Å². The molecule has 0 aliphatic carbocycles. The van der Waals surface area contributed by atoms with Crippen molar-refractivity contribution in [1.29, 1.82) is 0 Å². The van der Waals surface area contributed by atoms with E-state index in [0.717, 1.165) is 0 Å². The third-order valence-corrected chi connectivity index (χ3v) is 2.46. The second-order valence-electron chi connectivity index (χ2n) is 3.66. The van der Waals surface area contributed by atoms with Gasteiger partial charge in [0, 0.05) is 6.07 Å². The van der Waals surface area contributed by atoms with E-state index in [-0.39, 0.29) is 17.7 Å². The fourth-order valence-corrected chi connectivity index (χ4v) is 1.40. The zero-order valence-corrected chi connectivity index (χ0v) is 10.1. The number of phenolic OH excluding ortho intramolecular Hbond substituents is 1. The van der Waals surface area contributed by atoms with Gasteiger partial charge in [0.2, 0.25) is 0 Å². The Balaban J connectivity index is 2.87. The Bertz CT molecular complexity index is 458. The molecule has 1 aromatic rings. The number of carbonyl (C=O) groups excluding carboxylic acids is 1. The van der Waals surface area contributed by atoms with E-state index in [0.29, 0.717) is 5.75 Å². The van der Waals surface area contributed by atoms with Gasteiger partial charge in [-0.05, 0) is 18.6 Å². The summed E-state index contributed by atoms with van der Waals surface area (Å²) in [7, 11) is 1.44. The van der Waals surface area contributed by atoms with Crippen LogP contribution in [0.25, 0.3) is 0 Å². The number of phenols is 1. The number of carboxylic acid groups (broad SMARTS) is 1. The lowest BCUT2D eigenvalue weighted by Gasteiger charge is -2.13. The average molecular weight is 253 g/mol. The van der Waals surface area contributed by atoms with E-state index in [1.54, 1.807) is 6.92 Å². The predicted molar refractivity (Wildman–Crippen MR) is 63.8 cm³/mol. The van der Waals surface area contributed by atoms with E-state index in [4.69, 9.17) is 9.84 Å². The maximum absolute atomic E-state index is 11.8. The minimum Gasteiger partial charge on any atom is -0.507 e. The van der Waals surface area contributed by atoms with Crippen LogP contribution in [0.3, 0.4) is 0 Å². The maximum atomic E-state index is 11.8. The van der Waals surface area contributed by atoms with Crippen LogP contribution in [0.5, 0.6) is 11.5 Å². The van der Waals surface area contributed by atoms with Crippen LogP contribution in [0.1, 0.15) is 23.7 Å². The van der Waals surface area contributed by atoms with Crippen molar-refractivity contribution in [3.05, 3.63) is 23.8 Å². The molecule has 98 valence electrons. The van der Waals surface area contributed by atoms with Gasteiger partial charge in [-0.25, -0.2) is 4.79 Å². The second kappa shape index (κ2) is 5.90. The number of amides is 1. The quantitative estimate of drug-likeness (QED) is 0.727. The van der Waals surface area contributed by atoms with E-state index in [1.165, 1.54) is 25.3 Å². The number of rotatable bonds is 5. The number of aliphatic carboxylic acids is 1. The molecule has 0 saturated heterocycles. The number of hydrogen-bond acceptors (Lipinski definition) is 4. The molecule has 3 N–H and O–H groups in total. The fourth-order valence-electron chi connectivity index (χ4n) is 1.40. The molecule has 6 nitrogen and oxygen atoms in total. The third kappa shape index (κ3) is 3.13. The van der Waals surface area contributed by atoms with Crippen LogP contribution in [0, 0.1) is 0 Å². The molecule has 0 aliphatic heterocycles. The summed E-state index contributed by atoms with van der Waals surface area (Å²) >= 11 is 0. The van der Waals surface area contributed by atoms with Crippen molar-refractivity contribution in [3.63, 3.8) is 0 Å². The number of carboxylic acids is 1. The SMILES string of the molecule is CC[C@@H](NC(=O)c1ccc(OC)cc1O)C(=O)O. The predicted octanol–water partition coefficient (Wildman–Crippen LogP) is 0.994. The lowest BCUT2D eigenvalue weighted by atomic mass is 10.1. The molecule has 1 amide bonds. The van der Waals surface area contributed by atoms with Crippen LogP contribution < -0.4 is 10.1 Å². The molecule has 1 rings (SSSR count).